The number of hydrogen-bond acceptors (Lipinski definition) is 5. The standard InChI is InChI=1S/C16H17N3OS/c1-3-8-17-15-12-10-11(20-2)6-7-13(12)18-16(19-15)14-5-4-9-21-14/h4-7,9-10H,3,8H2,1-2H3,(H,17,18,19). The average molecular weight is 299 g/mol. The third-order valence-corrected chi connectivity index (χ3v) is 4.05. The summed E-state index contributed by atoms with van der Waals surface area (Å²) in [7, 11) is 1.67. The number of anilines is 1. The lowest BCUT2D eigenvalue weighted by Crippen LogP contribution is -2.04. The van der Waals surface area contributed by atoms with Gasteiger partial charge in [0.25, 0.3) is 0 Å². The SMILES string of the molecule is CCCNc1nc(-c2cccs2)nc2ccc(OC)cc12. The lowest BCUT2D eigenvalue weighted by Gasteiger charge is -2.10. The molecule has 0 saturated heterocycles. The van der Waals surface area contributed by atoms with Crippen molar-refractivity contribution in [3.63, 3.8) is 0 Å². The highest BCUT2D eigenvalue weighted by Crippen LogP contribution is 2.29. The molecule has 108 valence electrons. The molecule has 21 heavy (non-hydrogen) atoms. The van der Waals surface area contributed by atoms with Gasteiger partial charge in [-0.15, -0.1) is 11.3 Å². The summed E-state index contributed by atoms with van der Waals surface area (Å²) in [4.78, 5) is 10.4. The van der Waals surface area contributed by atoms with Crippen LogP contribution in [0.5, 0.6) is 5.75 Å². The number of aromatic nitrogens is 2. The first kappa shape index (κ1) is 13.8. The first-order chi connectivity index (χ1) is 10.3. The molecule has 0 radical (unpaired) electrons. The number of ether oxygens (including phenoxy) is 1. The largest absolute Gasteiger partial charge is 0.497 e. The van der Waals surface area contributed by atoms with Crippen molar-refractivity contribution < 1.29 is 4.74 Å². The van der Waals surface area contributed by atoms with E-state index >= 15 is 0 Å². The molecule has 3 rings (SSSR count). The van der Waals surface area contributed by atoms with Gasteiger partial charge in [0, 0.05) is 11.9 Å². The Balaban J connectivity index is 2.16. The van der Waals surface area contributed by atoms with Crippen LogP contribution >= 0.6 is 11.3 Å². The Kier molecular flexibility index (Phi) is 4.01. The Morgan fingerprint density at radius 3 is 2.86 bits per heavy atom. The van der Waals surface area contributed by atoms with Crippen molar-refractivity contribution in [3.8, 4) is 16.5 Å². The number of nitrogens with zero attached hydrogens (tertiary/aromatic N) is 2. The van der Waals surface area contributed by atoms with Crippen LogP contribution in [0.2, 0.25) is 0 Å². The molecule has 5 heteroatoms. The number of rotatable bonds is 5. The third kappa shape index (κ3) is 2.83. The number of nitrogens with one attached hydrogen (secondary N) is 1. The second-order valence-electron chi connectivity index (χ2n) is 4.68. The number of methoxy groups -OCH3 is 1. The molecule has 0 atom stereocenters. The smallest absolute Gasteiger partial charge is 0.172 e. The second kappa shape index (κ2) is 6.10. The predicted octanol–water partition coefficient (Wildman–Crippen LogP) is 4.19. The first-order valence-electron chi connectivity index (χ1n) is 6.95. The van der Waals surface area contributed by atoms with Crippen LogP contribution in [-0.2, 0) is 0 Å². The highest BCUT2D eigenvalue weighted by atomic mass is 32.1. The summed E-state index contributed by atoms with van der Waals surface area (Å²) in [6.07, 6.45) is 1.05. The van der Waals surface area contributed by atoms with E-state index in [0.29, 0.717) is 0 Å². The summed E-state index contributed by atoms with van der Waals surface area (Å²) in [5, 5.41) is 6.42. The average Bonchev–Trinajstić information content (AvgIpc) is 3.06. The molecular weight excluding hydrogens is 282 g/mol. The van der Waals surface area contributed by atoms with Gasteiger partial charge >= 0.3 is 0 Å². The summed E-state index contributed by atoms with van der Waals surface area (Å²) in [6.45, 7) is 3.02. The molecule has 3 aromatic rings. The molecule has 0 aliphatic rings. The highest BCUT2D eigenvalue weighted by Gasteiger charge is 2.10. The van der Waals surface area contributed by atoms with Crippen LogP contribution in [0, 0.1) is 0 Å². The van der Waals surface area contributed by atoms with E-state index in [0.717, 1.165) is 46.1 Å². The Morgan fingerprint density at radius 1 is 1.24 bits per heavy atom. The number of thiophene rings is 1. The first-order valence-corrected chi connectivity index (χ1v) is 7.83. The van der Waals surface area contributed by atoms with Crippen molar-refractivity contribution in [2.45, 2.75) is 13.3 Å². The lowest BCUT2D eigenvalue weighted by molar-refractivity contribution is 0.415. The summed E-state index contributed by atoms with van der Waals surface area (Å²) in [5.74, 6) is 2.44. The Labute approximate surface area is 127 Å². The van der Waals surface area contributed by atoms with E-state index in [1.807, 2.05) is 35.7 Å². The molecule has 2 heterocycles. The molecule has 1 aromatic carbocycles. The molecule has 0 bridgehead atoms. The molecule has 0 fully saturated rings. The Hall–Kier alpha value is -2.14. The van der Waals surface area contributed by atoms with E-state index in [4.69, 9.17) is 4.74 Å². The molecule has 0 aliphatic carbocycles. The Morgan fingerprint density at radius 2 is 2.14 bits per heavy atom. The van der Waals surface area contributed by atoms with Gasteiger partial charge in [-0.25, -0.2) is 9.97 Å². The molecule has 4 nitrogen and oxygen atoms in total. The summed E-state index contributed by atoms with van der Waals surface area (Å²) in [5.41, 5.74) is 0.924. The van der Waals surface area contributed by atoms with Crippen molar-refractivity contribution in [2.75, 3.05) is 19.0 Å². The van der Waals surface area contributed by atoms with E-state index in [1.165, 1.54) is 0 Å². The van der Waals surface area contributed by atoms with Gasteiger partial charge in [-0.1, -0.05) is 13.0 Å². The number of benzene rings is 1. The van der Waals surface area contributed by atoms with Gasteiger partial charge in [0.1, 0.15) is 11.6 Å². The minimum Gasteiger partial charge on any atom is -0.497 e. The predicted molar refractivity (Wildman–Crippen MR) is 88.2 cm³/mol. The molecule has 0 unspecified atom stereocenters. The van der Waals surface area contributed by atoms with Gasteiger partial charge in [-0.3, -0.25) is 0 Å². The van der Waals surface area contributed by atoms with Crippen molar-refractivity contribution >= 4 is 28.1 Å². The zero-order valence-corrected chi connectivity index (χ0v) is 12.9. The fourth-order valence-corrected chi connectivity index (χ4v) is 2.79. The van der Waals surface area contributed by atoms with Gasteiger partial charge in [0.05, 0.1) is 17.5 Å². The van der Waals surface area contributed by atoms with Crippen LogP contribution in [0.3, 0.4) is 0 Å². The van der Waals surface area contributed by atoms with Crippen LogP contribution in [-0.4, -0.2) is 23.6 Å². The van der Waals surface area contributed by atoms with Crippen LogP contribution in [0.25, 0.3) is 21.6 Å². The maximum absolute atomic E-state index is 5.30. The van der Waals surface area contributed by atoms with Gasteiger partial charge in [-0.2, -0.15) is 0 Å². The molecular formula is C16H17N3OS. The number of hydrogen-bond donors (Lipinski definition) is 1. The van der Waals surface area contributed by atoms with Crippen molar-refractivity contribution in [1.29, 1.82) is 0 Å². The molecule has 1 N–H and O–H groups in total. The zero-order valence-electron chi connectivity index (χ0n) is 12.1. The van der Waals surface area contributed by atoms with E-state index in [9.17, 15) is 0 Å². The van der Waals surface area contributed by atoms with Crippen molar-refractivity contribution in [3.05, 3.63) is 35.7 Å². The molecule has 2 aromatic heterocycles. The van der Waals surface area contributed by atoms with Gasteiger partial charge in [0.2, 0.25) is 0 Å². The Bertz CT molecular complexity index is 741. The van der Waals surface area contributed by atoms with Gasteiger partial charge in [-0.05, 0) is 36.1 Å². The van der Waals surface area contributed by atoms with E-state index in [1.54, 1.807) is 18.4 Å². The monoisotopic (exact) mass is 299 g/mol. The molecule has 0 amide bonds. The van der Waals surface area contributed by atoms with Gasteiger partial charge in [0.15, 0.2) is 5.82 Å². The maximum Gasteiger partial charge on any atom is 0.172 e. The van der Waals surface area contributed by atoms with Crippen LogP contribution in [0.1, 0.15) is 13.3 Å². The number of fused-ring (bicyclic) bond motifs is 1. The van der Waals surface area contributed by atoms with Crippen molar-refractivity contribution in [1.82, 2.24) is 9.97 Å². The minimum absolute atomic E-state index is 0.765. The molecule has 0 spiro atoms. The third-order valence-electron chi connectivity index (χ3n) is 3.19. The molecule has 0 aliphatic heterocycles. The fourth-order valence-electron chi connectivity index (χ4n) is 2.13. The summed E-state index contributed by atoms with van der Waals surface area (Å²) < 4.78 is 5.30. The normalized spacial score (nSPS) is 10.8. The maximum atomic E-state index is 5.30. The quantitative estimate of drug-likeness (QED) is 0.767. The fraction of sp³-hybridized carbons (Fsp3) is 0.250. The van der Waals surface area contributed by atoms with E-state index < -0.39 is 0 Å². The highest BCUT2D eigenvalue weighted by molar-refractivity contribution is 7.13. The lowest BCUT2D eigenvalue weighted by atomic mass is 10.2. The van der Waals surface area contributed by atoms with Crippen molar-refractivity contribution in [2.24, 2.45) is 0 Å². The topological polar surface area (TPSA) is 47.0 Å². The minimum atomic E-state index is 0.765. The summed E-state index contributed by atoms with van der Waals surface area (Å²) in [6, 6.07) is 9.94. The van der Waals surface area contributed by atoms with Crippen LogP contribution in [0.15, 0.2) is 35.7 Å². The zero-order chi connectivity index (χ0) is 14.7. The van der Waals surface area contributed by atoms with E-state index in [-0.39, 0.29) is 0 Å². The second-order valence-corrected chi connectivity index (χ2v) is 5.63. The van der Waals surface area contributed by atoms with Crippen LogP contribution in [0.4, 0.5) is 5.82 Å². The van der Waals surface area contributed by atoms with Gasteiger partial charge < -0.3 is 10.1 Å². The van der Waals surface area contributed by atoms with E-state index in [2.05, 4.69) is 22.2 Å². The molecule has 0 saturated carbocycles. The summed E-state index contributed by atoms with van der Waals surface area (Å²) >= 11 is 1.65. The van der Waals surface area contributed by atoms with Crippen LogP contribution < -0.4 is 10.1 Å².